The lowest BCUT2D eigenvalue weighted by Gasteiger charge is -2.22. The number of nitrogens with zero attached hydrogens (tertiary/aromatic N) is 1. The van der Waals surface area contributed by atoms with Crippen LogP contribution < -0.4 is 0 Å². The number of hydrogen-bond acceptors (Lipinski definition) is 2. The van der Waals surface area contributed by atoms with Gasteiger partial charge in [0.05, 0.1) is 6.04 Å². The highest BCUT2D eigenvalue weighted by atomic mass is 16.1. The number of carbonyl (C=O) groups excluding carboxylic acids is 1. The molecule has 0 unspecified atom stereocenters. The van der Waals surface area contributed by atoms with Gasteiger partial charge in [0.15, 0.2) is 0 Å². The highest BCUT2D eigenvalue weighted by Gasteiger charge is 2.27. The third-order valence-corrected chi connectivity index (χ3v) is 3.06. The summed E-state index contributed by atoms with van der Waals surface area (Å²) in [4.78, 5) is 13.7. The van der Waals surface area contributed by atoms with Gasteiger partial charge in [-0.2, -0.15) is 0 Å². The minimum Gasteiger partial charge on any atom is -0.298 e. The minimum atomic E-state index is 0.158. The molecule has 1 aliphatic heterocycles. The van der Waals surface area contributed by atoms with Crippen LogP contribution in [0.5, 0.6) is 0 Å². The SMILES string of the molecule is CC(=O)[C@@H]1CCCN1Cc1ccccc1. The normalized spacial score (nSPS) is 21.8. The van der Waals surface area contributed by atoms with Gasteiger partial charge in [0.1, 0.15) is 5.78 Å². The van der Waals surface area contributed by atoms with E-state index in [0.29, 0.717) is 5.78 Å². The summed E-state index contributed by atoms with van der Waals surface area (Å²) < 4.78 is 0. The fourth-order valence-electron chi connectivity index (χ4n) is 2.29. The van der Waals surface area contributed by atoms with E-state index < -0.39 is 0 Å². The van der Waals surface area contributed by atoms with Crippen molar-refractivity contribution < 1.29 is 4.79 Å². The van der Waals surface area contributed by atoms with Crippen LogP contribution >= 0.6 is 0 Å². The molecule has 0 N–H and O–H groups in total. The quantitative estimate of drug-likeness (QED) is 0.751. The Balaban J connectivity index is 2.03. The van der Waals surface area contributed by atoms with Crippen molar-refractivity contribution >= 4 is 5.78 Å². The number of ketones is 1. The topological polar surface area (TPSA) is 20.3 Å². The van der Waals surface area contributed by atoms with E-state index in [1.807, 2.05) is 18.2 Å². The molecule has 0 amide bonds. The van der Waals surface area contributed by atoms with E-state index in [0.717, 1.165) is 25.9 Å². The average Bonchev–Trinajstić information content (AvgIpc) is 2.67. The third kappa shape index (κ3) is 2.45. The summed E-state index contributed by atoms with van der Waals surface area (Å²) in [7, 11) is 0. The molecule has 1 aliphatic rings. The Morgan fingerprint density at radius 1 is 1.40 bits per heavy atom. The first-order valence-electron chi connectivity index (χ1n) is 5.56. The van der Waals surface area contributed by atoms with Crippen LogP contribution in [0.25, 0.3) is 0 Å². The van der Waals surface area contributed by atoms with Crippen LogP contribution in [-0.4, -0.2) is 23.3 Å². The molecular weight excluding hydrogens is 186 g/mol. The zero-order chi connectivity index (χ0) is 10.7. The summed E-state index contributed by atoms with van der Waals surface area (Å²) in [6.07, 6.45) is 2.18. The second-order valence-electron chi connectivity index (χ2n) is 4.22. The average molecular weight is 203 g/mol. The van der Waals surface area contributed by atoms with Crippen LogP contribution in [0.15, 0.2) is 30.3 Å². The molecule has 2 nitrogen and oxygen atoms in total. The fraction of sp³-hybridized carbons (Fsp3) is 0.462. The van der Waals surface area contributed by atoms with Crippen LogP contribution in [0, 0.1) is 0 Å². The van der Waals surface area contributed by atoms with Gasteiger partial charge in [-0.15, -0.1) is 0 Å². The highest BCUT2D eigenvalue weighted by molar-refractivity contribution is 5.81. The zero-order valence-electron chi connectivity index (χ0n) is 9.15. The van der Waals surface area contributed by atoms with Crippen LogP contribution in [-0.2, 0) is 11.3 Å². The smallest absolute Gasteiger partial charge is 0.146 e. The molecule has 1 aromatic carbocycles. The van der Waals surface area contributed by atoms with E-state index in [9.17, 15) is 4.79 Å². The van der Waals surface area contributed by atoms with E-state index >= 15 is 0 Å². The molecule has 2 rings (SSSR count). The predicted molar refractivity (Wildman–Crippen MR) is 60.6 cm³/mol. The standard InChI is InChI=1S/C13H17NO/c1-11(15)13-8-5-9-14(13)10-12-6-3-2-4-7-12/h2-4,6-7,13H,5,8-10H2,1H3/t13-/m0/s1. The van der Waals surface area contributed by atoms with Crippen molar-refractivity contribution in [3.05, 3.63) is 35.9 Å². The van der Waals surface area contributed by atoms with Crippen molar-refractivity contribution in [2.75, 3.05) is 6.54 Å². The van der Waals surface area contributed by atoms with Gasteiger partial charge in [0, 0.05) is 6.54 Å². The summed E-state index contributed by atoms with van der Waals surface area (Å²) >= 11 is 0. The molecule has 2 heteroatoms. The maximum Gasteiger partial charge on any atom is 0.146 e. The van der Waals surface area contributed by atoms with Gasteiger partial charge in [-0.3, -0.25) is 9.69 Å². The zero-order valence-corrected chi connectivity index (χ0v) is 9.15. The van der Waals surface area contributed by atoms with Gasteiger partial charge in [-0.25, -0.2) is 0 Å². The van der Waals surface area contributed by atoms with Crippen molar-refractivity contribution in [1.82, 2.24) is 4.90 Å². The first kappa shape index (κ1) is 10.4. The molecule has 1 heterocycles. The van der Waals surface area contributed by atoms with E-state index in [2.05, 4.69) is 17.0 Å². The van der Waals surface area contributed by atoms with Crippen molar-refractivity contribution in [3.63, 3.8) is 0 Å². The Labute approximate surface area is 90.9 Å². The maximum atomic E-state index is 11.4. The number of hydrogen-bond donors (Lipinski definition) is 0. The summed E-state index contributed by atoms with van der Waals surface area (Å²) in [6.45, 7) is 3.66. The van der Waals surface area contributed by atoms with E-state index in [-0.39, 0.29) is 6.04 Å². The van der Waals surface area contributed by atoms with Crippen LogP contribution in [0.3, 0.4) is 0 Å². The number of carbonyl (C=O) groups is 1. The summed E-state index contributed by atoms with van der Waals surface area (Å²) in [5.74, 6) is 0.309. The van der Waals surface area contributed by atoms with Crippen molar-refractivity contribution in [2.45, 2.75) is 32.4 Å². The van der Waals surface area contributed by atoms with Gasteiger partial charge in [-0.05, 0) is 31.9 Å². The molecule has 0 saturated carbocycles. The van der Waals surface area contributed by atoms with Crippen molar-refractivity contribution in [2.24, 2.45) is 0 Å². The lowest BCUT2D eigenvalue weighted by Crippen LogP contribution is -2.34. The molecular formula is C13H17NO. The van der Waals surface area contributed by atoms with Crippen molar-refractivity contribution in [1.29, 1.82) is 0 Å². The van der Waals surface area contributed by atoms with Crippen LogP contribution in [0.1, 0.15) is 25.3 Å². The first-order valence-corrected chi connectivity index (χ1v) is 5.56. The fourth-order valence-corrected chi connectivity index (χ4v) is 2.29. The molecule has 0 radical (unpaired) electrons. The monoisotopic (exact) mass is 203 g/mol. The lowest BCUT2D eigenvalue weighted by atomic mass is 10.1. The Morgan fingerprint density at radius 2 is 2.13 bits per heavy atom. The van der Waals surface area contributed by atoms with E-state index in [1.54, 1.807) is 6.92 Å². The van der Waals surface area contributed by atoms with Crippen LogP contribution in [0.4, 0.5) is 0 Å². The number of rotatable bonds is 3. The van der Waals surface area contributed by atoms with E-state index in [4.69, 9.17) is 0 Å². The second kappa shape index (κ2) is 4.58. The Kier molecular flexibility index (Phi) is 3.17. The van der Waals surface area contributed by atoms with Gasteiger partial charge < -0.3 is 0 Å². The van der Waals surface area contributed by atoms with Gasteiger partial charge in [0.2, 0.25) is 0 Å². The van der Waals surface area contributed by atoms with Crippen LogP contribution in [0.2, 0.25) is 0 Å². The largest absolute Gasteiger partial charge is 0.298 e. The summed E-state index contributed by atoms with van der Waals surface area (Å²) in [5.41, 5.74) is 1.30. The molecule has 15 heavy (non-hydrogen) atoms. The molecule has 0 spiro atoms. The molecule has 0 bridgehead atoms. The molecule has 1 atom stereocenters. The molecule has 0 aromatic heterocycles. The lowest BCUT2D eigenvalue weighted by molar-refractivity contribution is -0.121. The number of benzene rings is 1. The minimum absolute atomic E-state index is 0.158. The molecule has 0 aliphatic carbocycles. The summed E-state index contributed by atoms with van der Waals surface area (Å²) in [5, 5.41) is 0. The highest BCUT2D eigenvalue weighted by Crippen LogP contribution is 2.20. The Morgan fingerprint density at radius 3 is 2.80 bits per heavy atom. The van der Waals surface area contributed by atoms with Gasteiger partial charge in [-0.1, -0.05) is 30.3 Å². The Hall–Kier alpha value is -1.15. The van der Waals surface area contributed by atoms with Gasteiger partial charge >= 0.3 is 0 Å². The third-order valence-electron chi connectivity index (χ3n) is 3.06. The first-order chi connectivity index (χ1) is 7.27. The number of likely N-dealkylation sites (tertiary alicyclic amines) is 1. The predicted octanol–water partition coefficient (Wildman–Crippen LogP) is 2.24. The van der Waals surface area contributed by atoms with Crippen molar-refractivity contribution in [3.8, 4) is 0 Å². The molecule has 80 valence electrons. The summed E-state index contributed by atoms with van der Waals surface area (Å²) in [6, 6.07) is 10.5. The van der Waals surface area contributed by atoms with E-state index in [1.165, 1.54) is 5.56 Å². The number of Topliss-reactive ketones (excluding diaryl/α,β-unsaturated/α-hetero) is 1. The second-order valence-corrected chi connectivity index (χ2v) is 4.22. The molecule has 1 saturated heterocycles. The maximum absolute atomic E-state index is 11.4. The molecule has 1 aromatic rings. The Bertz CT molecular complexity index is 334. The van der Waals surface area contributed by atoms with Gasteiger partial charge in [0.25, 0.3) is 0 Å². The molecule has 1 fully saturated rings.